The van der Waals surface area contributed by atoms with E-state index < -0.39 is 5.97 Å². The maximum Gasteiger partial charge on any atom is 0.342 e. The van der Waals surface area contributed by atoms with E-state index in [0.29, 0.717) is 43.5 Å². The first-order chi connectivity index (χ1) is 11.6. The summed E-state index contributed by atoms with van der Waals surface area (Å²) in [6, 6.07) is 3.29. The predicted molar refractivity (Wildman–Crippen MR) is 84.6 cm³/mol. The topological polar surface area (TPSA) is 88.8 Å². The fourth-order valence-electron chi connectivity index (χ4n) is 2.50. The Kier molecular flexibility index (Phi) is 4.74. The molecule has 0 atom stereocenters. The van der Waals surface area contributed by atoms with Gasteiger partial charge in [0, 0.05) is 38.6 Å². The molecule has 0 saturated carbocycles. The SMILES string of the molecule is Cc1occc1C(=O)OCC(=O)N1CCN(c2ncccn2)CC1. The average Bonchev–Trinajstić information content (AvgIpc) is 3.06. The minimum absolute atomic E-state index is 0.210. The van der Waals surface area contributed by atoms with E-state index in [2.05, 4.69) is 9.97 Å². The Hall–Kier alpha value is -2.90. The number of carbonyl (C=O) groups excluding carboxylic acids is 2. The van der Waals surface area contributed by atoms with Crippen molar-refractivity contribution in [2.24, 2.45) is 0 Å². The minimum atomic E-state index is -0.550. The van der Waals surface area contributed by atoms with Crippen LogP contribution in [0, 0.1) is 6.92 Å². The van der Waals surface area contributed by atoms with Crippen LogP contribution < -0.4 is 4.90 Å². The number of carbonyl (C=O) groups is 2. The van der Waals surface area contributed by atoms with Gasteiger partial charge in [-0.25, -0.2) is 14.8 Å². The zero-order valence-corrected chi connectivity index (χ0v) is 13.3. The number of nitrogens with zero attached hydrogens (tertiary/aromatic N) is 4. The number of rotatable bonds is 4. The molecule has 3 heterocycles. The molecule has 0 radical (unpaired) electrons. The quantitative estimate of drug-likeness (QED) is 0.769. The molecular formula is C16H18N4O4. The fourth-order valence-corrected chi connectivity index (χ4v) is 2.50. The van der Waals surface area contributed by atoms with E-state index in [1.807, 2.05) is 4.90 Å². The summed E-state index contributed by atoms with van der Waals surface area (Å²) in [6.07, 6.45) is 4.80. The maximum atomic E-state index is 12.2. The third kappa shape index (κ3) is 3.53. The second kappa shape index (κ2) is 7.12. The van der Waals surface area contributed by atoms with Gasteiger partial charge < -0.3 is 19.0 Å². The highest BCUT2D eigenvalue weighted by Crippen LogP contribution is 2.12. The number of amides is 1. The van der Waals surface area contributed by atoms with Gasteiger partial charge in [0.25, 0.3) is 5.91 Å². The summed E-state index contributed by atoms with van der Waals surface area (Å²) < 4.78 is 10.1. The lowest BCUT2D eigenvalue weighted by molar-refractivity contribution is -0.134. The maximum absolute atomic E-state index is 12.2. The third-order valence-electron chi connectivity index (χ3n) is 3.87. The standard InChI is InChI=1S/C16H18N4O4/c1-12-13(3-10-23-12)15(22)24-11-14(21)19-6-8-20(9-7-19)16-17-4-2-5-18-16/h2-5,10H,6-9,11H2,1H3. The van der Waals surface area contributed by atoms with E-state index in [1.165, 1.54) is 12.3 Å². The van der Waals surface area contributed by atoms with Gasteiger partial charge in [0.05, 0.1) is 6.26 Å². The third-order valence-corrected chi connectivity index (χ3v) is 3.87. The molecule has 1 fully saturated rings. The first kappa shape index (κ1) is 16.0. The average molecular weight is 330 g/mol. The minimum Gasteiger partial charge on any atom is -0.469 e. The van der Waals surface area contributed by atoms with E-state index in [9.17, 15) is 9.59 Å². The van der Waals surface area contributed by atoms with Gasteiger partial charge in [0.15, 0.2) is 6.61 Å². The largest absolute Gasteiger partial charge is 0.469 e. The Morgan fingerprint density at radius 3 is 2.54 bits per heavy atom. The number of aromatic nitrogens is 2. The van der Waals surface area contributed by atoms with Crippen molar-refractivity contribution in [2.45, 2.75) is 6.92 Å². The first-order valence-corrected chi connectivity index (χ1v) is 7.66. The molecule has 0 unspecified atom stereocenters. The number of furan rings is 1. The van der Waals surface area contributed by atoms with Gasteiger partial charge >= 0.3 is 5.97 Å². The van der Waals surface area contributed by atoms with Crippen molar-refractivity contribution in [3.05, 3.63) is 42.1 Å². The van der Waals surface area contributed by atoms with Crippen molar-refractivity contribution in [1.29, 1.82) is 0 Å². The van der Waals surface area contributed by atoms with E-state index in [0.717, 1.165) is 0 Å². The lowest BCUT2D eigenvalue weighted by Gasteiger charge is -2.34. The Morgan fingerprint density at radius 2 is 1.92 bits per heavy atom. The van der Waals surface area contributed by atoms with Gasteiger partial charge in [-0.1, -0.05) is 0 Å². The lowest BCUT2D eigenvalue weighted by atomic mass is 10.3. The van der Waals surface area contributed by atoms with Crippen LogP contribution in [0.4, 0.5) is 5.95 Å². The zero-order chi connectivity index (χ0) is 16.9. The number of esters is 1. The van der Waals surface area contributed by atoms with Gasteiger partial charge in [-0.2, -0.15) is 0 Å². The molecule has 126 valence electrons. The molecule has 1 aliphatic rings. The zero-order valence-electron chi connectivity index (χ0n) is 13.3. The van der Waals surface area contributed by atoms with Crippen LogP contribution in [-0.4, -0.2) is 59.5 Å². The Morgan fingerprint density at radius 1 is 1.21 bits per heavy atom. The van der Waals surface area contributed by atoms with Crippen molar-refractivity contribution in [2.75, 3.05) is 37.7 Å². The number of anilines is 1. The van der Waals surface area contributed by atoms with Gasteiger partial charge in [-0.15, -0.1) is 0 Å². The molecule has 0 N–H and O–H groups in total. The second-order valence-electron chi connectivity index (χ2n) is 5.38. The van der Waals surface area contributed by atoms with E-state index in [1.54, 1.807) is 30.3 Å². The molecule has 8 heteroatoms. The van der Waals surface area contributed by atoms with Crippen LogP contribution in [0.2, 0.25) is 0 Å². The Bertz CT molecular complexity index is 708. The molecule has 1 aliphatic heterocycles. The van der Waals surface area contributed by atoms with Crippen LogP contribution >= 0.6 is 0 Å². The monoisotopic (exact) mass is 330 g/mol. The summed E-state index contributed by atoms with van der Waals surface area (Å²) in [6.45, 7) is 3.77. The van der Waals surface area contributed by atoms with E-state index >= 15 is 0 Å². The Labute approximate surface area is 139 Å². The van der Waals surface area contributed by atoms with Crippen LogP contribution in [0.3, 0.4) is 0 Å². The van der Waals surface area contributed by atoms with Crippen molar-refractivity contribution < 1.29 is 18.7 Å². The molecule has 1 saturated heterocycles. The fraction of sp³-hybridized carbons (Fsp3) is 0.375. The smallest absolute Gasteiger partial charge is 0.342 e. The van der Waals surface area contributed by atoms with Crippen LogP contribution in [0.25, 0.3) is 0 Å². The predicted octanol–water partition coefficient (Wildman–Crippen LogP) is 0.884. The molecule has 2 aromatic rings. The highest BCUT2D eigenvalue weighted by atomic mass is 16.5. The lowest BCUT2D eigenvalue weighted by Crippen LogP contribution is -2.50. The second-order valence-corrected chi connectivity index (χ2v) is 5.38. The van der Waals surface area contributed by atoms with Crippen molar-refractivity contribution >= 4 is 17.8 Å². The number of aryl methyl sites for hydroxylation is 1. The summed E-state index contributed by atoms with van der Waals surface area (Å²) in [7, 11) is 0. The molecular weight excluding hydrogens is 312 g/mol. The van der Waals surface area contributed by atoms with Gasteiger partial charge in [0.2, 0.25) is 5.95 Å². The first-order valence-electron chi connectivity index (χ1n) is 7.66. The number of hydrogen-bond donors (Lipinski definition) is 0. The van der Waals surface area contributed by atoms with Crippen LogP contribution in [0.5, 0.6) is 0 Å². The Balaban J connectivity index is 1.47. The number of hydrogen-bond acceptors (Lipinski definition) is 7. The summed E-state index contributed by atoms with van der Waals surface area (Å²) in [4.78, 5) is 36.1. The summed E-state index contributed by atoms with van der Waals surface area (Å²) >= 11 is 0. The van der Waals surface area contributed by atoms with E-state index in [4.69, 9.17) is 9.15 Å². The summed E-state index contributed by atoms with van der Waals surface area (Å²) in [5.41, 5.74) is 0.342. The molecule has 3 rings (SSSR count). The van der Waals surface area contributed by atoms with Gasteiger partial charge in [-0.3, -0.25) is 4.79 Å². The number of piperazine rings is 1. The highest BCUT2D eigenvalue weighted by molar-refractivity contribution is 5.92. The molecule has 1 amide bonds. The molecule has 0 bridgehead atoms. The molecule has 2 aromatic heterocycles. The summed E-state index contributed by atoms with van der Waals surface area (Å²) in [5, 5.41) is 0. The molecule has 0 spiro atoms. The highest BCUT2D eigenvalue weighted by Gasteiger charge is 2.23. The number of ether oxygens (including phenoxy) is 1. The van der Waals surface area contributed by atoms with Crippen LogP contribution in [0.15, 0.2) is 35.2 Å². The molecule has 24 heavy (non-hydrogen) atoms. The van der Waals surface area contributed by atoms with Crippen LogP contribution in [0.1, 0.15) is 16.1 Å². The van der Waals surface area contributed by atoms with Gasteiger partial charge in [0.1, 0.15) is 11.3 Å². The molecule has 0 aliphatic carbocycles. The molecule has 8 nitrogen and oxygen atoms in total. The van der Waals surface area contributed by atoms with Crippen LogP contribution in [-0.2, 0) is 9.53 Å². The van der Waals surface area contributed by atoms with E-state index in [-0.39, 0.29) is 12.5 Å². The normalized spacial score (nSPS) is 14.5. The summed E-state index contributed by atoms with van der Waals surface area (Å²) in [5.74, 6) is 0.374. The van der Waals surface area contributed by atoms with Crippen molar-refractivity contribution in [3.8, 4) is 0 Å². The van der Waals surface area contributed by atoms with Crippen molar-refractivity contribution in [3.63, 3.8) is 0 Å². The van der Waals surface area contributed by atoms with Gasteiger partial charge in [-0.05, 0) is 19.1 Å². The van der Waals surface area contributed by atoms with Crippen molar-refractivity contribution in [1.82, 2.24) is 14.9 Å². The molecule has 0 aromatic carbocycles.